The molecular formula is C23H29N3O2. The second kappa shape index (κ2) is 9.22. The maximum absolute atomic E-state index is 12.3. The number of rotatable bonds is 7. The van der Waals surface area contributed by atoms with Gasteiger partial charge in [0.05, 0.1) is 0 Å². The van der Waals surface area contributed by atoms with Crippen molar-refractivity contribution < 1.29 is 9.53 Å². The van der Waals surface area contributed by atoms with Gasteiger partial charge in [0.25, 0.3) is 5.91 Å². The van der Waals surface area contributed by atoms with Crippen LogP contribution in [0.25, 0.3) is 0 Å². The van der Waals surface area contributed by atoms with Gasteiger partial charge in [0.2, 0.25) is 0 Å². The third-order valence-electron chi connectivity index (χ3n) is 5.60. The molecule has 148 valence electrons. The van der Waals surface area contributed by atoms with Gasteiger partial charge in [0.15, 0.2) is 6.10 Å². The second-order valence-electron chi connectivity index (χ2n) is 7.67. The topological polar surface area (TPSA) is 44.8 Å². The van der Waals surface area contributed by atoms with Crippen LogP contribution >= 0.6 is 0 Å². The summed E-state index contributed by atoms with van der Waals surface area (Å²) < 4.78 is 5.75. The molecule has 0 saturated carbocycles. The Balaban J connectivity index is 1.10. The zero-order valence-electron chi connectivity index (χ0n) is 16.3. The van der Waals surface area contributed by atoms with Crippen molar-refractivity contribution in [3.63, 3.8) is 0 Å². The standard InChI is InChI=1S/C23H29N3O2/c27-23(22-17-20-9-4-5-10-21(20)28-22)24-11-6-12-25-13-15-26(16-14-25)18-19-7-2-1-3-8-19/h1-5,7-10,22H,6,11-18H2,(H,24,27). The Bertz CT molecular complexity index is 747. The number of ether oxygens (including phenoxy) is 1. The first-order valence-corrected chi connectivity index (χ1v) is 10.3. The number of carbonyl (C=O) groups is 1. The summed E-state index contributed by atoms with van der Waals surface area (Å²) in [5.74, 6) is 0.847. The number of hydrogen-bond donors (Lipinski definition) is 1. The SMILES string of the molecule is O=C(NCCCN1CCN(Cc2ccccc2)CC1)C1Cc2ccccc2O1. The summed E-state index contributed by atoms with van der Waals surface area (Å²) in [6, 6.07) is 18.6. The lowest BCUT2D eigenvalue weighted by Crippen LogP contribution is -2.46. The van der Waals surface area contributed by atoms with E-state index in [0.29, 0.717) is 13.0 Å². The van der Waals surface area contributed by atoms with Crippen molar-refractivity contribution in [1.29, 1.82) is 0 Å². The van der Waals surface area contributed by atoms with Crippen LogP contribution in [0.4, 0.5) is 0 Å². The average molecular weight is 380 g/mol. The molecule has 2 aromatic rings. The summed E-state index contributed by atoms with van der Waals surface area (Å²) >= 11 is 0. The fraction of sp³-hybridized carbons (Fsp3) is 0.435. The molecule has 0 aromatic heterocycles. The van der Waals surface area contributed by atoms with Crippen LogP contribution in [0.5, 0.6) is 5.75 Å². The van der Waals surface area contributed by atoms with Crippen LogP contribution in [0.1, 0.15) is 17.5 Å². The number of piperazine rings is 1. The molecule has 0 spiro atoms. The molecule has 1 unspecified atom stereocenters. The lowest BCUT2D eigenvalue weighted by molar-refractivity contribution is -0.127. The van der Waals surface area contributed by atoms with Crippen LogP contribution in [0, 0.1) is 0 Å². The Morgan fingerprint density at radius 1 is 0.964 bits per heavy atom. The van der Waals surface area contributed by atoms with Crippen molar-refractivity contribution in [2.45, 2.75) is 25.5 Å². The highest BCUT2D eigenvalue weighted by molar-refractivity contribution is 5.82. The van der Waals surface area contributed by atoms with Gasteiger partial charge in [-0.25, -0.2) is 0 Å². The van der Waals surface area contributed by atoms with Gasteiger partial charge in [-0.15, -0.1) is 0 Å². The Morgan fingerprint density at radius 3 is 2.46 bits per heavy atom. The number of hydrogen-bond acceptors (Lipinski definition) is 4. The van der Waals surface area contributed by atoms with Crippen molar-refractivity contribution >= 4 is 5.91 Å². The molecule has 1 atom stereocenters. The molecule has 1 amide bonds. The van der Waals surface area contributed by atoms with E-state index in [1.54, 1.807) is 0 Å². The number of nitrogens with zero attached hydrogens (tertiary/aromatic N) is 2. The molecule has 1 N–H and O–H groups in total. The Labute approximate surface area is 167 Å². The fourth-order valence-corrected chi connectivity index (χ4v) is 3.97. The molecule has 2 heterocycles. The monoisotopic (exact) mass is 379 g/mol. The molecule has 2 aliphatic rings. The van der Waals surface area contributed by atoms with Gasteiger partial charge >= 0.3 is 0 Å². The molecular weight excluding hydrogens is 350 g/mol. The van der Waals surface area contributed by atoms with Gasteiger partial charge in [0.1, 0.15) is 5.75 Å². The molecule has 28 heavy (non-hydrogen) atoms. The predicted octanol–water partition coefficient (Wildman–Crippen LogP) is 2.31. The summed E-state index contributed by atoms with van der Waals surface area (Å²) in [4.78, 5) is 17.3. The molecule has 0 bridgehead atoms. The van der Waals surface area contributed by atoms with Crippen molar-refractivity contribution in [1.82, 2.24) is 15.1 Å². The first kappa shape index (κ1) is 19.0. The zero-order valence-corrected chi connectivity index (χ0v) is 16.3. The average Bonchev–Trinajstić information content (AvgIpc) is 3.17. The van der Waals surface area contributed by atoms with Crippen molar-refractivity contribution in [2.75, 3.05) is 39.3 Å². The lowest BCUT2D eigenvalue weighted by atomic mass is 10.1. The first-order valence-electron chi connectivity index (χ1n) is 10.3. The highest BCUT2D eigenvalue weighted by atomic mass is 16.5. The van der Waals surface area contributed by atoms with Gasteiger partial charge in [0, 0.05) is 45.7 Å². The quantitative estimate of drug-likeness (QED) is 0.750. The van der Waals surface area contributed by atoms with Crippen molar-refractivity contribution in [2.24, 2.45) is 0 Å². The van der Waals surface area contributed by atoms with Crippen LogP contribution in [0.3, 0.4) is 0 Å². The summed E-state index contributed by atoms with van der Waals surface area (Å²) in [7, 11) is 0. The maximum Gasteiger partial charge on any atom is 0.261 e. The fourth-order valence-electron chi connectivity index (χ4n) is 3.97. The van der Waals surface area contributed by atoms with Gasteiger partial charge in [-0.1, -0.05) is 48.5 Å². The number of nitrogens with one attached hydrogen (secondary N) is 1. The summed E-state index contributed by atoms with van der Waals surface area (Å²) in [6.45, 7) is 7.19. The third-order valence-corrected chi connectivity index (χ3v) is 5.60. The van der Waals surface area contributed by atoms with E-state index in [9.17, 15) is 4.79 Å². The summed E-state index contributed by atoms with van der Waals surface area (Å²) in [5.41, 5.74) is 2.51. The third kappa shape index (κ3) is 4.91. The molecule has 1 fully saturated rings. The van der Waals surface area contributed by atoms with E-state index in [0.717, 1.165) is 57.0 Å². The van der Waals surface area contributed by atoms with E-state index < -0.39 is 0 Å². The molecule has 2 aromatic carbocycles. The van der Waals surface area contributed by atoms with Crippen molar-refractivity contribution in [3.8, 4) is 5.75 Å². The molecule has 2 aliphatic heterocycles. The highest BCUT2D eigenvalue weighted by Gasteiger charge is 2.28. The summed E-state index contributed by atoms with van der Waals surface area (Å²) in [6.07, 6.45) is 1.27. The Hall–Kier alpha value is -2.37. The van der Waals surface area contributed by atoms with Gasteiger partial charge in [-0.2, -0.15) is 0 Å². The van der Waals surface area contributed by atoms with Gasteiger partial charge < -0.3 is 15.0 Å². The van der Waals surface area contributed by atoms with E-state index >= 15 is 0 Å². The number of fused-ring (bicyclic) bond motifs is 1. The van der Waals surface area contributed by atoms with Crippen LogP contribution in [0.15, 0.2) is 54.6 Å². The largest absolute Gasteiger partial charge is 0.480 e. The normalized spacial score (nSPS) is 19.8. The Kier molecular flexibility index (Phi) is 6.24. The molecule has 5 nitrogen and oxygen atoms in total. The number of carbonyl (C=O) groups excluding carboxylic acids is 1. The molecule has 5 heteroatoms. The minimum absolute atomic E-state index is 0.00359. The molecule has 0 radical (unpaired) electrons. The second-order valence-corrected chi connectivity index (χ2v) is 7.67. The minimum Gasteiger partial charge on any atom is -0.480 e. The first-order chi connectivity index (χ1) is 13.8. The smallest absolute Gasteiger partial charge is 0.261 e. The van der Waals surface area contributed by atoms with Gasteiger partial charge in [-0.05, 0) is 30.2 Å². The zero-order chi connectivity index (χ0) is 19.2. The highest BCUT2D eigenvalue weighted by Crippen LogP contribution is 2.28. The van der Waals surface area contributed by atoms with Gasteiger partial charge in [-0.3, -0.25) is 9.69 Å². The van der Waals surface area contributed by atoms with Crippen LogP contribution < -0.4 is 10.1 Å². The summed E-state index contributed by atoms with van der Waals surface area (Å²) in [5, 5.41) is 3.04. The van der Waals surface area contributed by atoms with E-state index in [2.05, 4.69) is 45.4 Å². The lowest BCUT2D eigenvalue weighted by Gasteiger charge is -2.34. The van der Waals surface area contributed by atoms with Crippen LogP contribution in [-0.2, 0) is 17.8 Å². The number of amides is 1. The van der Waals surface area contributed by atoms with E-state index in [1.807, 2.05) is 24.3 Å². The maximum atomic E-state index is 12.3. The molecule has 0 aliphatic carbocycles. The van der Waals surface area contributed by atoms with E-state index in [-0.39, 0.29) is 12.0 Å². The minimum atomic E-state index is -0.376. The number of benzene rings is 2. The molecule has 1 saturated heterocycles. The van der Waals surface area contributed by atoms with Crippen molar-refractivity contribution in [3.05, 3.63) is 65.7 Å². The van der Waals surface area contributed by atoms with E-state index in [1.165, 1.54) is 5.56 Å². The number of para-hydroxylation sites is 1. The van der Waals surface area contributed by atoms with Crippen LogP contribution in [0.2, 0.25) is 0 Å². The Morgan fingerprint density at radius 2 is 1.68 bits per heavy atom. The predicted molar refractivity (Wildman–Crippen MR) is 110 cm³/mol. The van der Waals surface area contributed by atoms with Crippen LogP contribution in [-0.4, -0.2) is 61.1 Å². The van der Waals surface area contributed by atoms with E-state index in [4.69, 9.17) is 4.74 Å². The molecule has 4 rings (SSSR count).